The van der Waals surface area contributed by atoms with Gasteiger partial charge in [0.2, 0.25) is 0 Å². The Morgan fingerprint density at radius 2 is 1.23 bits per heavy atom. The molecule has 6 rings (SSSR count). The molecule has 198 valence electrons. The molecular weight excluding hydrogens is 510 g/mol. The van der Waals surface area contributed by atoms with E-state index in [9.17, 15) is 0 Å². The minimum atomic E-state index is -0.419. The molecule has 0 fully saturated rings. The van der Waals surface area contributed by atoms with Crippen LogP contribution in [-0.2, 0) is 16.1 Å². The van der Waals surface area contributed by atoms with Crippen molar-refractivity contribution in [3.8, 4) is 0 Å². The molecule has 0 spiro atoms. The van der Waals surface area contributed by atoms with Gasteiger partial charge in [-0.1, -0.05) is 121 Å². The topological polar surface area (TPSA) is 39.9 Å². The van der Waals surface area contributed by atoms with Crippen molar-refractivity contribution >= 4 is 22.8 Å². The molecule has 1 atom stereocenters. The molecule has 4 nitrogen and oxygen atoms in total. The van der Waals surface area contributed by atoms with Crippen molar-refractivity contribution < 1.29 is 4.74 Å². The van der Waals surface area contributed by atoms with E-state index in [1.807, 2.05) is 53.1 Å². The van der Waals surface area contributed by atoms with E-state index in [4.69, 9.17) is 9.84 Å². The minimum Gasteiger partial charge on any atom is -0.375 e. The van der Waals surface area contributed by atoms with Gasteiger partial charge in [0.1, 0.15) is 0 Å². The number of hydrogen-bond donors (Lipinski definition) is 0. The van der Waals surface area contributed by atoms with Crippen molar-refractivity contribution in [3.63, 3.8) is 0 Å². The van der Waals surface area contributed by atoms with Gasteiger partial charge in [-0.05, 0) is 34.4 Å². The second-order valence-corrected chi connectivity index (χ2v) is 11.0. The standard InChI is InChI=1S/C35H31N3OS/c1-5-14-28(15-6-1)25-39-26-33(38-34-29(24-37-38)16-13-23-36-34)27-40-35(30-17-7-2-8-18-30,31-19-9-3-10-20-31)32-21-11-4-12-22-32/h1-24,33H,25-27H2/t33-/m0/s1. The first-order valence-corrected chi connectivity index (χ1v) is 14.5. The summed E-state index contributed by atoms with van der Waals surface area (Å²) < 4.78 is 7.96. The van der Waals surface area contributed by atoms with Crippen LogP contribution in [0, 0.1) is 0 Å². The van der Waals surface area contributed by atoms with Crippen LogP contribution in [0.2, 0.25) is 0 Å². The first-order valence-electron chi connectivity index (χ1n) is 13.5. The van der Waals surface area contributed by atoms with Crippen LogP contribution in [0.15, 0.2) is 146 Å². The quantitative estimate of drug-likeness (QED) is 0.156. The van der Waals surface area contributed by atoms with Crippen molar-refractivity contribution in [1.82, 2.24) is 14.8 Å². The molecular formula is C35H31N3OS. The molecule has 0 aliphatic rings. The van der Waals surface area contributed by atoms with Crippen LogP contribution in [0.3, 0.4) is 0 Å². The highest BCUT2D eigenvalue weighted by atomic mass is 32.2. The highest BCUT2D eigenvalue weighted by Gasteiger charge is 2.38. The van der Waals surface area contributed by atoms with Gasteiger partial charge in [-0.3, -0.25) is 0 Å². The molecule has 6 aromatic rings. The van der Waals surface area contributed by atoms with Gasteiger partial charge in [0, 0.05) is 17.3 Å². The Kier molecular flexibility index (Phi) is 8.03. The lowest BCUT2D eigenvalue weighted by molar-refractivity contribution is 0.0937. The second-order valence-electron chi connectivity index (χ2n) is 9.75. The Balaban J connectivity index is 1.39. The fraction of sp³-hybridized carbons (Fsp3) is 0.143. The Labute approximate surface area is 239 Å². The van der Waals surface area contributed by atoms with Gasteiger partial charge in [-0.2, -0.15) is 5.10 Å². The van der Waals surface area contributed by atoms with Crippen LogP contribution in [0.25, 0.3) is 11.0 Å². The normalized spacial score (nSPS) is 12.4. The van der Waals surface area contributed by atoms with Crippen molar-refractivity contribution in [2.24, 2.45) is 0 Å². The van der Waals surface area contributed by atoms with Crippen LogP contribution >= 0.6 is 11.8 Å². The van der Waals surface area contributed by atoms with Crippen molar-refractivity contribution in [2.75, 3.05) is 12.4 Å². The summed E-state index contributed by atoms with van der Waals surface area (Å²) in [6.07, 6.45) is 3.73. The number of nitrogens with zero attached hydrogens (tertiary/aromatic N) is 3. The van der Waals surface area contributed by atoms with E-state index in [1.165, 1.54) is 16.7 Å². The zero-order valence-corrected chi connectivity index (χ0v) is 23.0. The van der Waals surface area contributed by atoms with E-state index in [0.717, 1.165) is 22.3 Å². The Hall–Kier alpha value is -4.19. The molecule has 0 unspecified atom stereocenters. The number of pyridine rings is 1. The molecule has 2 heterocycles. The number of rotatable bonds is 11. The van der Waals surface area contributed by atoms with E-state index in [-0.39, 0.29) is 6.04 Å². The van der Waals surface area contributed by atoms with Gasteiger partial charge >= 0.3 is 0 Å². The summed E-state index contributed by atoms with van der Waals surface area (Å²) in [5.41, 5.74) is 5.75. The second kappa shape index (κ2) is 12.3. The summed E-state index contributed by atoms with van der Waals surface area (Å²) in [4.78, 5) is 4.68. The minimum absolute atomic E-state index is 0.0309. The van der Waals surface area contributed by atoms with Crippen LogP contribution in [0.5, 0.6) is 0 Å². The van der Waals surface area contributed by atoms with Crippen molar-refractivity contribution in [3.05, 3.63) is 168 Å². The summed E-state index contributed by atoms with van der Waals surface area (Å²) in [6, 6.07) is 46.7. The third-order valence-corrected chi connectivity index (χ3v) is 8.85. The number of hydrogen-bond acceptors (Lipinski definition) is 4. The van der Waals surface area contributed by atoms with E-state index in [1.54, 1.807) is 0 Å². The SMILES string of the molecule is c1ccc(COC[C@@H](CSC(c2ccccc2)(c2ccccc2)c2ccccc2)n2ncc3cccnc32)cc1. The number of aromatic nitrogens is 3. The number of thioether (sulfide) groups is 1. The highest BCUT2D eigenvalue weighted by Crippen LogP contribution is 2.49. The van der Waals surface area contributed by atoms with Crippen LogP contribution in [0.4, 0.5) is 0 Å². The summed E-state index contributed by atoms with van der Waals surface area (Å²) in [5, 5.41) is 5.83. The molecule has 5 heteroatoms. The Morgan fingerprint density at radius 3 is 1.80 bits per heavy atom. The van der Waals surface area contributed by atoms with Crippen LogP contribution in [0.1, 0.15) is 28.3 Å². The molecule has 0 radical (unpaired) electrons. The smallest absolute Gasteiger partial charge is 0.158 e. The summed E-state index contributed by atoms with van der Waals surface area (Å²) in [5.74, 6) is 0.765. The maximum Gasteiger partial charge on any atom is 0.158 e. The third-order valence-electron chi connectivity index (χ3n) is 7.16. The van der Waals surface area contributed by atoms with Crippen molar-refractivity contribution in [2.45, 2.75) is 17.4 Å². The molecule has 0 aliphatic heterocycles. The van der Waals surface area contributed by atoms with Gasteiger partial charge in [0.05, 0.1) is 30.2 Å². The molecule has 0 N–H and O–H groups in total. The third kappa shape index (κ3) is 5.44. The van der Waals surface area contributed by atoms with Gasteiger partial charge in [0.25, 0.3) is 0 Å². The van der Waals surface area contributed by atoms with Gasteiger partial charge < -0.3 is 4.74 Å². The summed E-state index contributed by atoms with van der Waals surface area (Å²) >= 11 is 1.92. The lowest BCUT2D eigenvalue weighted by Crippen LogP contribution is -2.29. The molecule has 0 saturated heterocycles. The fourth-order valence-electron chi connectivity index (χ4n) is 5.21. The highest BCUT2D eigenvalue weighted by molar-refractivity contribution is 8.00. The van der Waals surface area contributed by atoms with E-state index in [2.05, 4.69) is 114 Å². The van der Waals surface area contributed by atoms with Gasteiger partial charge in [-0.25, -0.2) is 9.67 Å². The monoisotopic (exact) mass is 541 g/mol. The van der Waals surface area contributed by atoms with Crippen LogP contribution in [-0.4, -0.2) is 27.1 Å². The first-order chi connectivity index (χ1) is 19.8. The van der Waals surface area contributed by atoms with E-state index >= 15 is 0 Å². The van der Waals surface area contributed by atoms with Crippen LogP contribution < -0.4 is 0 Å². The predicted octanol–water partition coefficient (Wildman–Crippen LogP) is 7.91. The molecule has 0 saturated carbocycles. The van der Waals surface area contributed by atoms with Gasteiger partial charge in [-0.15, -0.1) is 11.8 Å². The number of ether oxygens (including phenoxy) is 1. The molecule has 0 bridgehead atoms. The average Bonchev–Trinajstić information content (AvgIpc) is 3.47. The number of fused-ring (bicyclic) bond motifs is 1. The summed E-state index contributed by atoms with van der Waals surface area (Å²) in [7, 11) is 0. The average molecular weight is 542 g/mol. The maximum atomic E-state index is 6.33. The lowest BCUT2D eigenvalue weighted by atomic mass is 9.84. The zero-order valence-electron chi connectivity index (χ0n) is 22.2. The van der Waals surface area contributed by atoms with E-state index < -0.39 is 4.75 Å². The molecule has 4 aromatic carbocycles. The van der Waals surface area contributed by atoms with Gasteiger partial charge in [0.15, 0.2) is 5.65 Å². The zero-order chi connectivity index (χ0) is 27.0. The molecule has 0 aliphatic carbocycles. The van der Waals surface area contributed by atoms with Crippen molar-refractivity contribution in [1.29, 1.82) is 0 Å². The fourth-order valence-corrected chi connectivity index (χ4v) is 6.80. The Morgan fingerprint density at radius 1 is 0.675 bits per heavy atom. The number of benzene rings is 4. The largest absolute Gasteiger partial charge is 0.375 e. The predicted molar refractivity (Wildman–Crippen MR) is 164 cm³/mol. The summed E-state index contributed by atoms with van der Waals surface area (Å²) in [6.45, 7) is 1.07. The van der Waals surface area contributed by atoms with E-state index in [0.29, 0.717) is 13.2 Å². The maximum absolute atomic E-state index is 6.33. The Bertz CT molecular complexity index is 1530. The lowest BCUT2D eigenvalue weighted by Gasteiger charge is -2.36. The molecule has 40 heavy (non-hydrogen) atoms. The first kappa shape index (κ1) is 26.1. The molecule has 2 aromatic heterocycles. The molecule has 0 amide bonds.